The largest absolute Gasteiger partial charge is 0.495 e. The van der Waals surface area contributed by atoms with Crippen molar-refractivity contribution in [3.8, 4) is 5.75 Å². The van der Waals surface area contributed by atoms with Gasteiger partial charge in [0.2, 0.25) is 11.9 Å². The number of ether oxygens (including phenoxy) is 2. The van der Waals surface area contributed by atoms with Gasteiger partial charge in [0.15, 0.2) is 5.82 Å². The molecule has 2 amide bonds. The second-order valence-corrected chi connectivity index (χ2v) is 9.24. The highest BCUT2D eigenvalue weighted by atomic mass is 16.5. The molecule has 0 atom stereocenters. The Bertz CT molecular complexity index is 1080. The van der Waals surface area contributed by atoms with Crippen LogP contribution in [0.3, 0.4) is 0 Å². The van der Waals surface area contributed by atoms with Gasteiger partial charge < -0.3 is 29.9 Å². The number of benzene rings is 1. The third-order valence-electron chi connectivity index (χ3n) is 6.40. The average molecular weight is 469 g/mol. The van der Waals surface area contributed by atoms with Crippen molar-refractivity contribution in [2.45, 2.75) is 32.7 Å². The van der Waals surface area contributed by atoms with E-state index in [1.54, 1.807) is 50.5 Å². The molecule has 0 spiro atoms. The third kappa shape index (κ3) is 4.50. The van der Waals surface area contributed by atoms with Crippen LogP contribution < -0.4 is 25.2 Å². The maximum Gasteiger partial charge on any atom is 0.251 e. The van der Waals surface area contributed by atoms with Crippen LogP contribution in [-0.2, 0) is 9.53 Å². The predicted molar refractivity (Wildman–Crippen MR) is 130 cm³/mol. The highest BCUT2D eigenvalue weighted by molar-refractivity contribution is 6.01. The molecule has 1 saturated heterocycles. The second kappa shape index (κ2) is 9.46. The topological polar surface area (TPSA) is 109 Å². The molecule has 182 valence electrons. The van der Waals surface area contributed by atoms with Gasteiger partial charge in [-0.3, -0.25) is 9.59 Å². The highest BCUT2D eigenvalue weighted by Crippen LogP contribution is 2.39. The molecule has 1 aromatic carbocycles. The molecule has 2 N–H and O–H groups in total. The fourth-order valence-electron chi connectivity index (χ4n) is 4.51. The maximum absolute atomic E-state index is 13.2. The number of fused-ring (bicyclic) bond motifs is 1. The Morgan fingerprint density at radius 3 is 2.68 bits per heavy atom. The molecule has 0 aliphatic carbocycles. The van der Waals surface area contributed by atoms with E-state index in [-0.39, 0.29) is 17.9 Å². The first kappa shape index (κ1) is 23.7. The normalized spacial score (nSPS) is 18.2. The van der Waals surface area contributed by atoms with Crippen molar-refractivity contribution in [3.63, 3.8) is 0 Å². The minimum Gasteiger partial charge on any atom is -0.495 e. The molecule has 1 fully saturated rings. The van der Waals surface area contributed by atoms with E-state index in [0.717, 1.165) is 12.8 Å². The number of anilines is 4. The third-order valence-corrected chi connectivity index (χ3v) is 6.40. The van der Waals surface area contributed by atoms with Crippen molar-refractivity contribution in [1.29, 1.82) is 0 Å². The Hall–Kier alpha value is -3.40. The van der Waals surface area contributed by atoms with E-state index in [9.17, 15) is 9.59 Å². The molecule has 10 nitrogen and oxygen atoms in total. The summed E-state index contributed by atoms with van der Waals surface area (Å²) in [5.41, 5.74) is 1.21. The molecule has 2 aliphatic rings. The van der Waals surface area contributed by atoms with E-state index in [2.05, 4.69) is 20.5 Å². The summed E-state index contributed by atoms with van der Waals surface area (Å²) in [7, 11) is 4.90. The fourth-order valence-corrected chi connectivity index (χ4v) is 4.51. The van der Waals surface area contributed by atoms with E-state index >= 15 is 0 Å². The lowest BCUT2D eigenvalue weighted by molar-refractivity contribution is -0.125. The number of hydrogen-bond acceptors (Lipinski definition) is 8. The van der Waals surface area contributed by atoms with Crippen molar-refractivity contribution in [2.75, 3.05) is 56.1 Å². The highest BCUT2D eigenvalue weighted by Gasteiger charge is 2.41. The molecule has 0 bridgehead atoms. The lowest BCUT2D eigenvalue weighted by atomic mass is 9.90. The van der Waals surface area contributed by atoms with Gasteiger partial charge in [0.05, 0.1) is 24.4 Å². The Balaban J connectivity index is 1.72. The quantitative estimate of drug-likeness (QED) is 0.689. The van der Waals surface area contributed by atoms with Crippen LogP contribution in [0.25, 0.3) is 0 Å². The van der Waals surface area contributed by atoms with Crippen molar-refractivity contribution >= 4 is 35.0 Å². The Kier molecular flexibility index (Phi) is 6.60. The van der Waals surface area contributed by atoms with Gasteiger partial charge in [-0.15, -0.1) is 0 Å². The number of methoxy groups -OCH3 is 1. The van der Waals surface area contributed by atoms with Gasteiger partial charge in [-0.05, 0) is 44.9 Å². The van der Waals surface area contributed by atoms with Gasteiger partial charge in [-0.2, -0.15) is 4.98 Å². The summed E-state index contributed by atoms with van der Waals surface area (Å²) in [6.07, 6.45) is 3.42. The van der Waals surface area contributed by atoms with Gasteiger partial charge in [0.1, 0.15) is 11.4 Å². The summed E-state index contributed by atoms with van der Waals surface area (Å²) < 4.78 is 11.1. The summed E-state index contributed by atoms with van der Waals surface area (Å²) in [6.45, 7) is 5.86. The number of aromatic nitrogens is 2. The Morgan fingerprint density at radius 1 is 1.26 bits per heavy atom. The predicted octanol–water partition coefficient (Wildman–Crippen LogP) is 2.58. The molecule has 0 unspecified atom stereocenters. The summed E-state index contributed by atoms with van der Waals surface area (Å²) in [4.78, 5) is 38.4. The lowest BCUT2D eigenvalue weighted by Gasteiger charge is -2.37. The molecule has 1 aromatic heterocycles. The SMILES string of the molecule is CNC(=O)c1ccc(Nc2ncc3c(n2)N(C2CCOCC2)CC(C)(C)C(=O)N3C)c(OC)c1. The lowest BCUT2D eigenvalue weighted by Crippen LogP contribution is -2.47. The summed E-state index contributed by atoms with van der Waals surface area (Å²) in [6, 6.07) is 5.34. The number of carbonyl (C=O) groups excluding carboxylic acids is 2. The minimum atomic E-state index is -0.583. The van der Waals surface area contributed by atoms with Gasteiger partial charge in [0, 0.05) is 45.5 Å². The van der Waals surface area contributed by atoms with Crippen molar-refractivity contribution < 1.29 is 19.1 Å². The van der Waals surface area contributed by atoms with Gasteiger partial charge >= 0.3 is 0 Å². The van der Waals surface area contributed by atoms with Crippen LogP contribution in [0.5, 0.6) is 5.75 Å². The molecule has 3 heterocycles. The standard InChI is InChI=1S/C24H32N6O4/c1-24(2)14-30(16-8-10-34-11-9-16)20-18(29(4)22(24)32)13-26-23(28-20)27-17-7-6-15(21(31)25-3)12-19(17)33-5/h6-7,12-13,16H,8-11,14H2,1-5H3,(H,25,31)(H,26,27,28). The van der Waals surface area contributed by atoms with Crippen LogP contribution >= 0.6 is 0 Å². The summed E-state index contributed by atoms with van der Waals surface area (Å²) in [5, 5.41) is 5.82. The van der Waals surface area contributed by atoms with Crippen LogP contribution in [0.2, 0.25) is 0 Å². The number of amides is 2. The monoisotopic (exact) mass is 468 g/mol. The first-order valence-corrected chi connectivity index (χ1v) is 11.4. The minimum absolute atomic E-state index is 0.0269. The Morgan fingerprint density at radius 2 is 2.00 bits per heavy atom. The van der Waals surface area contributed by atoms with E-state index in [1.807, 2.05) is 13.8 Å². The van der Waals surface area contributed by atoms with E-state index in [0.29, 0.717) is 54.2 Å². The summed E-state index contributed by atoms with van der Waals surface area (Å²) >= 11 is 0. The zero-order valence-electron chi connectivity index (χ0n) is 20.3. The Labute approximate surface area is 199 Å². The molecule has 2 aromatic rings. The second-order valence-electron chi connectivity index (χ2n) is 9.24. The zero-order chi connectivity index (χ0) is 24.5. The summed E-state index contributed by atoms with van der Waals surface area (Å²) in [5.74, 6) is 1.41. The zero-order valence-corrected chi connectivity index (χ0v) is 20.3. The number of carbonyl (C=O) groups is 2. The average Bonchev–Trinajstić information content (AvgIpc) is 2.93. The molecule has 10 heteroatoms. The van der Waals surface area contributed by atoms with Crippen LogP contribution in [0, 0.1) is 5.41 Å². The van der Waals surface area contributed by atoms with E-state index in [1.165, 1.54) is 0 Å². The van der Waals surface area contributed by atoms with Crippen LogP contribution in [0.15, 0.2) is 24.4 Å². The number of hydrogen-bond donors (Lipinski definition) is 2. The first-order chi connectivity index (χ1) is 16.2. The molecule has 4 rings (SSSR count). The van der Waals surface area contributed by atoms with Gasteiger partial charge in [0.25, 0.3) is 5.91 Å². The first-order valence-electron chi connectivity index (χ1n) is 11.4. The van der Waals surface area contributed by atoms with E-state index < -0.39 is 5.41 Å². The van der Waals surface area contributed by atoms with Crippen molar-refractivity contribution in [3.05, 3.63) is 30.0 Å². The van der Waals surface area contributed by atoms with Crippen LogP contribution in [0.4, 0.5) is 23.1 Å². The maximum atomic E-state index is 13.2. The fraction of sp³-hybridized carbons (Fsp3) is 0.500. The number of nitrogens with one attached hydrogen (secondary N) is 2. The van der Waals surface area contributed by atoms with Gasteiger partial charge in [-0.25, -0.2) is 4.98 Å². The van der Waals surface area contributed by atoms with Crippen molar-refractivity contribution in [2.24, 2.45) is 5.41 Å². The van der Waals surface area contributed by atoms with Crippen LogP contribution in [-0.4, -0.2) is 68.8 Å². The van der Waals surface area contributed by atoms with Crippen LogP contribution in [0.1, 0.15) is 37.0 Å². The molecule has 34 heavy (non-hydrogen) atoms. The molecular formula is C24H32N6O4. The molecular weight excluding hydrogens is 436 g/mol. The number of nitrogens with zero attached hydrogens (tertiary/aromatic N) is 4. The number of rotatable bonds is 5. The smallest absolute Gasteiger partial charge is 0.251 e. The van der Waals surface area contributed by atoms with E-state index in [4.69, 9.17) is 14.5 Å². The van der Waals surface area contributed by atoms with Crippen molar-refractivity contribution in [1.82, 2.24) is 15.3 Å². The molecule has 0 radical (unpaired) electrons. The molecule has 0 saturated carbocycles. The molecule has 2 aliphatic heterocycles. The van der Waals surface area contributed by atoms with Gasteiger partial charge in [-0.1, -0.05) is 0 Å².